The van der Waals surface area contributed by atoms with Crippen molar-refractivity contribution in [2.75, 3.05) is 20.2 Å². The minimum atomic E-state index is 0.764. The highest BCUT2D eigenvalue weighted by molar-refractivity contribution is 5.32. The Morgan fingerprint density at radius 3 is 2.80 bits per heavy atom. The van der Waals surface area contributed by atoms with Crippen LogP contribution in [0.2, 0.25) is 0 Å². The van der Waals surface area contributed by atoms with Crippen LogP contribution in [0.15, 0.2) is 0 Å². The van der Waals surface area contributed by atoms with E-state index in [0.717, 1.165) is 49.8 Å². The number of rotatable bonds is 2. The molecule has 0 spiro atoms. The number of aryl methyl sites for hydroxylation is 1. The van der Waals surface area contributed by atoms with Gasteiger partial charge in [0.05, 0.1) is 12.8 Å². The molecule has 1 aliphatic heterocycles. The third kappa shape index (κ3) is 2.09. The van der Waals surface area contributed by atoms with Gasteiger partial charge in [-0.1, -0.05) is 6.92 Å². The number of ether oxygens (including phenoxy) is 1. The maximum absolute atomic E-state index is 5.33. The Labute approximate surface area is 90.1 Å². The molecule has 0 saturated heterocycles. The van der Waals surface area contributed by atoms with E-state index in [1.807, 2.05) is 0 Å². The summed E-state index contributed by atoms with van der Waals surface area (Å²) in [6.07, 6.45) is 2.79. The lowest BCUT2D eigenvalue weighted by Crippen LogP contribution is -2.16. The van der Waals surface area contributed by atoms with Crippen LogP contribution in [-0.2, 0) is 19.3 Å². The van der Waals surface area contributed by atoms with E-state index < -0.39 is 0 Å². The number of methoxy groups -OCH3 is 1. The van der Waals surface area contributed by atoms with Gasteiger partial charge in [0.25, 0.3) is 0 Å². The van der Waals surface area contributed by atoms with Gasteiger partial charge >= 0.3 is 0 Å². The molecule has 2 heterocycles. The predicted octanol–water partition coefficient (Wildman–Crippen LogP) is 0.736. The van der Waals surface area contributed by atoms with E-state index in [1.165, 1.54) is 5.56 Å². The van der Waals surface area contributed by atoms with Gasteiger partial charge in [-0.15, -0.1) is 0 Å². The van der Waals surface area contributed by atoms with Crippen molar-refractivity contribution in [2.45, 2.75) is 26.2 Å². The first-order chi connectivity index (χ1) is 7.35. The van der Waals surface area contributed by atoms with Crippen LogP contribution in [0.25, 0.3) is 0 Å². The first kappa shape index (κ1) is 10.4. The molecule has 1 N–H and O–H groups in total. The highest BCUT2D eigenvalue weighted by Crippen LogP contribution is 2.21. The van der Waals surface area contributed by atoms with Crippen molar-refractivity contribution in [3.63, 3.8) is 0 Å². The number of aromatic nitrogens is 2. The zero-order valence-electron chi connectivity index (χ0n) is 9.34. The summed E-state index contributed by atoms with van der Waals surface area (Å²) >= 11 is 0. The molecule has 0 unspecified atom stereocenters. The van der Waals surface area contributed by atoms with E-state index in [4.69, 9.17) is 4.74 Å². The summed E-state index contributed by atoms with van der Waals surface area (Å²) in [6, 6.07) is 0. The summed E-state index contributed by atoms with van der Waals surface area (Å²) in [6.45, 7) is 4.05. The molecule has 0 fully saturated rings. The first-order valence-corrected chi connectivity index (χ1v) is 5.48. The highest BCUT2D eigenvalue weighted by Gasteiger charge is 2.16. The Kier molecular flexibility index (Phi) is 3.16. The number of nitrogens with one attached hydrogen (secondary N) is 1. The molecule has 2 rings (SSSR count). The molecule has 1 aromatic rings. The van der Waals surface area contributed by atoms with E-state index in [9.17, 15) is 0 Å². The van der Waals surface area contributed by atoms with Crippen molar-refractivity contribution in [1.29, 1.82) is 0 Å². The van der Waals surface area contributed by atoms with Gasteiger partial charge < -0.3 is 10.1 Å². The fourth-order valence-electron chi connectivity index (χ4n) is 1.89. The van der Waals surface area contributed by atoms with Gasteiger partial charge in [0.15, 0.2) is 0 Å². The number of hydrogen-bond acceptors (Lipinski definition) is 4. The zero-order valence-corrected chi connectivity index (χ0v) is 9.34. The Morgan fingerprint density at radius 1 is 1.27 bits per heavy atom. The van der Waals surface area contributed by atoms with E-state index in [-0.39, 0.29) is 0 Å². The molecule has 0 saturated carbocycles. The fourth-order valence-corrected chi connectivity index (χ4v) is 1.89. The zero-order chi connectivity index (χ0) is 10.7. The largest absolute Gasteiger partial charge is 0.481 e. The maximum atomic E-state index is 5.33. The molecule has 0 aromatic carbocycles. The average molecular weight is 207 g/mol. The summed E-state index contributed by atoms with van der Waals surface area (Å²) in [5.74, 6) is 1.65. The van der Waals surface area contributed by atoms with E-state index in [2.05, 4.69) is 22.2 Å². The van der Waals surface area contributed by atoms with Crippen LogP contribution in [0, 0.1) is 0 Å². The van der Waals surface area contributed by atoms with Crippen molar-refractivity contribution in [3.05, 3.63) is 17.1 Å². The van der Waals surface area contributed by atoms with Crippen LogP contribution in [0.4, 0.5) is 0 Å². The molecule has 0 amide bonds. The minimum Gasteiger partial charge on any atom is -0.481 e. The van der Waals surface area contributed by atoms with Crippen molar-refractivity contribution in [1.82, 2.24) is 15.3 Å². The predicted molar refractivity (Wildman–Crippen MR) is 58.2 cm³/mol. The Morgan fingerprint density at radius 2 is 2.07 bits per heavy atom. The van der Waals surface area contributed by atoms with E-state index in [1.54, 1.807) is 7.11 Å². The fraction of sp³-hybridized carbons (Fsp3) is 0.636. The van der Waals surface area contributed by atoms with Gasteiger partial charge in [-0.2, -0.15) is 4.98 Å². The summed E-state index contributed by atoms with van der Waals surface area (Å²) < 4.78 is 5.33. The molecule has 15 heavy (non-hydrogen) atoms. The third-order valence-corrected chi connectivity index (χ3v) is 2.70. The molecular formula is C11H17N3O. The van der Waals surface area contributed by atoms with Crippen LogP contribution >= 0.6 is 0 Å². The van der Waals surface area contributed by atoms with Gasteiger partial charge in [-0.05, 0) is 13.0 Å². The molecule has 4 heteroatoms. The minimum absolute atomic E-state index is 0.764. The summed E-state index contributed by atoms with van der Waals surface area (Å²) in [7, 11) is 1.68. The highest BCUT2D eigenvalue weighted by atomic mass is 16.5. The third-order valence-electron chi connectivity index (χ3n) is 2.70. The van der Waals surface area contributed by atoms with Crippen molar-refractivity contribution in [2.24, 2.45) is 0 Å². The number of hydrogen-bond donors (Lipinski definition) is 1. The smallest absolute Gasteiger partial charge is 0.219 e. The van der Waals surface area contributed by atoms with Crippen molar-refractivity contribution < 1.29 is 4.74 Å². The Hall–Kier alpha value is -1.16. The molecule has 1 aliphatic rings. The number of nitrogens with zero attached hydrogens (tertiary/aromatic N) is 2. The quantitative estimate of drug-likeness (QED) is 0.777. The van der Waals surface area contributed by atoms with Gasteiger partial charge in [-0.25, -0.2) is 4.98 Å². The first-order valence-electron chi connectivity index (χ1n) is 5.48. The molecule has 4 nitrogen and oxygen atoms in total. The second-order valence-corrected chi connectivity index (χ2v) is 3.68. The van der Waals surface area contributed by atoms with Gasteiger partial charge in [0.1, 0.15) is 5.82 Å². The van der Waals surface area contributed by atoms with Crippen LogP contribution in [0.1, 0.15) is 24.0 Å². The molecule has 0 radical (unpaired) electrons. The van der Waals surface area contributed by atoms with E-state index >= 15 is 0 Å². The lowest BCUT2D eigenvalue weighted by Gasteiger charge is -2.10. The summed E-state index contributed by atoms with van der Waals surface area (Å²) in [5.41, 5.74) is 2.34. The molecule has 1 aromatic heterocycles. The lowest BCUT2D eigenvalue weighted by molar-refractivity contribution is 0.388. The molecule has 0 bridgehead atoms. The summed E-state index contributed by atoms with van der Waals surface area (Å²) in [5, 5.41) is 3.36. The molecule has 82 valence electrons. The topological polar surface area (TPSA) is 47.0 Å². The van der Waals surface area contributed by atoms with Crippen molar-refractivity contribution in [3.8, 4) is 5.88 Å². The standard InChI is InChI=1S/C11H17N3O/c1-3-10-13-9-5-7-12-6-4-8(9)11(14-10)15-2/h12H,3-7H2,1-2H3. The number of fused-ring (bicyclic) bond motifs is 1. The normalized spacial score (nSPS) is 15.6. The van der Waals surface area contributed by atoms with Crippen molar-refractivity contribution >= 4 is 0 Å². The van der Waals surface area contributed by atoms with Gasteiger partial charge in [0.2, 0.25) is 5.88 Å². The second-order valence-electron chi connectivity index (χ2n) is 3.68. The Bertz CT molecular complexity index is 352. The molecule has 0 atom stereocenters. The van der Waals surface area contributed by atoms with Crippen LogP contribution < -0.4 is 10.1 Å². The molecular weight excluding hydrogens is 190 g/mol. The van der Waals surface area contributed by atoms with E-state index in [0.29, 0.717) is 0 Å². The maximum Gasteiger partial charge on any atom is 0.219 e. The van der Waals surface area contributed by atoms with Gasteiger partial charge in [-0.3, -0.25) is 0 Å². The SMILES string of the molecule is CCc1nc2c(c(OC)n1)CCNCC2. The Balaban J connectivity index is 2.45. The monoisotopic (exact) mass is 207 g/mol. The average Bonchev–Trinajstić information content (AvgIpc) is 2.52. The molecule has 0 aliphatic carbocycles. The lowest BCUT2D eigenvalue weighted by atomic mass is 10.1. The van der Waals surface area contributed by atoms with Crippen LogP contribution in [0.3, 0.4) is 0 Å². The van der Waals surface area contributed by atoms with Crippen LogP contribution in [0.5, 0.6) is 5.88 Å². The van der Waals surface area contributed by atoms with Crippen LogP contribution in [-0.4, -0.2) is 30.2 Å². The second kappa shape index (κ2) is 4.57. The summed E-state index contributed by atoms with van der Waals surface area (Å²) in [4.78, 5) is 8.97. The van der Waals surface area contributed by atoms with Gasteiger partial charge in [0, 0.05) is 24.9 Å².